The number of hydrogen-bond donors (Lipinski definition) is 0. The Hall–Kier alpha value is -2.44. The zero-order valence-electron chi connectivity index (χ0n) is 18.5. The number of anilines is 1. The highest BCUT2D eigenvalue weighted by atomic mass is 35.5. The molecule has 0 saturated carbocycles. The third kappa shape index (κ3) is 4.36. The van der Waals surface area contributed by atoms with E-state index in [1.807, 2.05) is 12.1 Å². The van der Waals surface area contributed by atoms with E-state index in [2.05, 4.69) is 0 Å². The van der Waals surface area contributed by atoms with E-state index in [4.69, 9.17) is 11.6 Å². The number of hydrogen-bond acceptors (Lipinski definition) is 6. The number of benzene rings is 2. The van der Waals surface area contributed by atoms with Crippen LogP contribution in [0.25, 0.3) is 0 Å². The minimum Gasteiger partial charge on any atom is -0.336 e. The van der Waals surface area contributed by atoms with E-state index in [9.17, 15) is 21.6 Å². The van der Waals surface area contributed by atoms with Gasteiger partial charge in [0, 0.05) is 38.3 Å². The van der Waals surface area contributed by atoms with Crippen LogP contribution in [0.4, 0.5) is 5.69 Å². The summed E-state index contributed by atoms with van der Waals surface area (Å²) in [7, 11) is -7.56. The number of nitrogens with zero attached hydrogens (tertiary/aromatic N) is 3. The first-order chi connectivity index (χ1) is 16.7. The van der Waals surface area contributed by atoms with Crippen LogP contribution in [0, 0.1) is 0 Å². The molecule has 2 aliphatic rings. The minimum absolute atomic E-state index is 0.0396. The Morgan fingerprint density at radius 1 is 0.857 bits per heavy atom. The van der Waals surface area contributed by atoms with Gasteiger partial charge < -0.3 is 4.90 Å². The second-order valence-corrected chi connectivity index (χ2v) is 13.6. The van der Waals surface area contributed by atoms with E-state index in [1.54, 1.807) is 29.6 Å². The second-order valence-electron chi connectivity index (χ2n) is 8.23. The van der Waals surface area contributed by atoms with Crippen molar-refractivity contribution in [3.05, 3.63) is 76.1 Å². The molecular weight excluding hydrogens is 530 g/mol. The molecule has 3 heterocycles. The fourth-order valence-electron chi connectivity index (χ4n) is 4.36. The van der Waals surface area contributed by atoms with Gasteiger partial charge in [0.2, 0.25) is 0 Å². The fourth-order valence-corrected chi connectivity index (χ4v) is 8.94. The smallest absolute Gasteiger partial charge is 0.265 e. The molecule has 0 aliphatic carbocycles. The largest absolute Gasteiger partial charge is 0.336 e. The van der Waals surface area contributed by atoms with Crippen LogP contribution in [0.5, 0.6) is 0 Å². The summed E-state index contributed by atoms with van der Waals surface area (Å²) in [5.41, 5.74) is 1.74. The highest BCUT2D eigenvalue weighted by Gasteiger charge is 2.34. The Balaban J connectivity index is 1.35. The molecule has 5 rings (SSSR count). The lowest BCUT2D eigenvalue weighted by atomic mass is 10.2. The summed E-state index contributed by atoms with van der Waals surface area (Å²) in [5, 5.41) is 1.75. The first-order valence-electron chi connectivity index (χ1n) is 10.9. The molecule has 3 aromatic rings. The zero-order valence-corrected chi connectivity index (χ0v) is 21.7. The summed E-state index contributed by atoms with van der Waals surface area (Å²) in [5.74, 6) is -0.367. The Bertz CT molecular complexity index is 1480. The monoisotopic (exact) mass is 551 g/mol. The molecule has 0 radical (unpaired) electrons. The Kier molecular flexibility index (Phi) is 6.39. The Morgan fingerprint density at radius 3 is 2.31 bits per heavy atom. The molecule has 2 aliphatic heterocycles. The lowest BCUT2D eigenvalue weighted by Gasteiger charge is -2.33. The van der Waals surface area contributed by atoms with E-state index in [0.29, 0.717) is 18.7 Å². The number of fused-ring (bicyclic) bond motifs is 1. The van der Waals surface area contributed by atoms with Gasteiger partial charge in [0.15, 0.2) is 0 Å². The number of rotatable bonds is 5. The van der Waals surface area contributed by atoms with Crippen molar-refractivity contribution < 1.29 is 21.6 Å². The van der Waals surface area contributed by atoms with Crippen molar-refractivity contribution in [2.75, 3.05) is 37.0 Å². The summed E-state index contributed by atoms with van der Waals surface area (Å²) in [6, 6.07) is 14.8. The summed E-state index contributed by atoms with van der Waals surface area (Å²) < 4.78 is 55.4. The quantitative estimate of drug-likeness (QED) is 0.485. The number of amides is 1. The van der Waals surface area contributed by atoms with Crippen LogP contribution in [-0.4, -0.2) is 64.7 Å². The first-order valence-corrected chi connectivity index (χ1v) is 15.1. The molecule has 0 bridgehead atoms. The van der Waals surface area contributed by atoms with Crippen LogP contribution >= 0.6 is 22.9 Å². The van der Waals surface area contributed by atoms with Crippen LogP contribution in [0.2, 0.25) is 5.02 Å². The van der Waals surface area contributed by atoms with Crippen molar-refractivity contribution in [2.24, 2.45) is 0 Å². The van der Waals surface area contributed by atoms with Crippen molar-refractivity contribution in [3.63, 3.8) is 0 Å². The van der Waals surface area contributed by atoms with Gasteiger partial charge in [0.25, 0.3) is 26.0 Å². The number of piperazine rings is 1. The molecule has 1 saturated heterocycles. The van der Waals surface area contributed by atoms with Crippen LogP contribution in [-0.2, 0) is 26.5 Å². The van der Waals surface area contributed by atoms with Gasteiger partial charge in [0.1, 0.15) is 9.10 Å². The maximum atomic E-state index is 13.5. The molecule has 0 unspecified atom stereocenters. The van der Waals surface area contributed by atoms with E-state index in [1.165, 1.54) is 31.7 Å². The van der Waals surface area contributed by atoms with Crippen molar-refractivity contribution in [3.8, 4) is 0 Å². The summed E-state index contributed by atoms with van der Waals surface area (Å²) in [6.07, 6.45) is 0.601. The van der Waals surface area contributed by atoms with E-state index < -0.39 is 20.0 Å². The van der Waals surface area contributed by atoms with Crippen LogP contribution in [0.15, 0.2) is 69.1 Å². The number of carbonyl (C=O) groups is 1. The predicted octanol–water partition coefficient (Wildman–Crippen LogP) is 3.30. The van der Waals surface area contributed by atoms with Gasteiger partial charge in [-0.05, 0) is 47.7 Å². The molecule has 0 atom stereocenters. The molecule has 184 valence electrons. The van der Waals surface area contributed by atoms with Gasteiger partial charge in [-0.2, -0.15) is 4.31 Å². The van der Waals surface area contributed by atoms with Gasteiger partial charge in [-0.15, -0.1) is 11.3 Å². The van der Waals surface area contributed by atoms with Gasteiger partial charge in [0.05, 0.1) is 10.7 Å². The second kappa shape index (κ2) is 9.21. The zero-order chi connectivity index (χ0) is 24.8. The predicted molar refractivity (Wildman–Crippen MR) is 135 cm³/mol. The number of para-hydroxylation sites is 1. The van der Waals surface area contributed by atoms with E-state index in [0.717, 1.165) is 16.9 Å². The molecule has 1 aromatic heterocycles. The Labute approximate surface area is 213 Å². The average molecular weight is 552 g/mol. The summed E-state index contributed by atoms with van der Waals surface area (Å²) >= 11 is 7.45. The van der Waals surface area contributed by atoms with Gasteiger partial charge in [-0.1, -0.05) is 35.9 Å². The summed E-state index contributed by atoms with van der Waals surface area (Å²) in [4.78, 5) is 14.6. The number of carbonyl (C=O) groups excluding carboxylic acids is 1. The highest BCUT2D eigenvalue weighted by molar-refractivity contribution is 7.93. The van der Waals surface area contributed by atoms with E-state index >= 15 is 0 Å². The SMILES string of the molecule is O=C(c1ccc(Cl)c(S(=O)(=O)N2CCc3ccccc32)c1)N1CCN(S(=O)(=O)c2cccs2)CC1. The van der Waals surface area contributed by atoms with Crippen molar-refractivity contribution >= 4 is 54.6 Å². The highest BCUT2D eigenvalue weighted by Crippen LogP contribution is 2.35. The first kappa shape index (κ1) is 24.3. The third-order valence-corrected chi connectivity index (χ3v) is 11.8. The topological polar surface area (TPSA) is 95.1 Å². The average Bonchev–Trinajstić information content (AvgIpc) is 3.55. The molecule has 8 nitrogen and oxygen atoms in total. The number of sulfonamides is 2. The lowest BCUT2D eigenvalue weighted by molar-refractivity contribution is 0.0697. The minimum atomic E-state index is -3.98. The fraction of sp³-hybridized carbons (Fsp3) is 0.261. The molecule has 12 heteroatoms. The maximum absolute atomic E-state index is 13.5. The molecule has 35 heavy (non-hydrogen) atoms. The van der Waals surface area contributed by atoms with Crippen LogP contribution in [0.3, 0.4) is 0 Å². The summed E-state index contributed by atoms with van der Waals surface area (Å²) in [6.45, 7) is 1.03. The third-order valence-electron chi connectivity index (χ3n) is 6.21. The molecule has 1 fully saturated rings. The van der Waals surface area contributed by atoms with Crippen molar-refractivity contribution in [1.82, 2.24) is 9.21 Å². The van der Waals surface area contributed by atoms with Crippen molar-refractivity contribution in [2.45, 2.75) is 15.5 Å². The lowest BCUT2D eigenvalue weighted by Crippen LogP contribution is -2.50. The van der Waals surface area contributed by atoms with Gasteiger partial charge in [-0.25, -0.2) is 16.8 Å². The maximum Gasteiger partial charge on any atom is 0.265 e. The van der Waals surface area contributed by atoms with Crippen LogP contribution < -0.4 is 4.31 Å². The van der Waals surface area contributed by atoms with Gasteiger partial charge in [-0.3, -0.25) is 9.10 Å². The standard InChI is InChI=1S/C23H22ClN3O5S3/c24-19-8-7-18(16-21(19)34(29,30)27-10-9-17-4-1-2-5-20(17)27)23(28)25-11-13-26(14-12-25)35(31,32)22-6-3-15-33-22/h1-8,15-16H,9-14H2. The molecule has 2 aromatic carbocycles. The Morgan fingerprint density at radius 2 is 1.60 bits per heavy atom. The number of thiophene rings is 1. The molecule has 0 spiro atoms. The molecular formula is C23H22ClN3O5S3. The normalized spacial score (nSPS) is 16.9. The van der Waals surface area contributed by atoms with E-state index in [-0.39, 0.29) is 51.8 Å². The van der Waals surface area contributed by atoms with Crippen molar-refractivity contribution in [1.29, 1.82) is 0 Å². The molecule has 0 N–H and O–H groups in total. The number of halogens is 1. The van der Waals surface area contributed by atoms with Crippen LogP contribution in [0.1, 0.15) is 15.9 Å². The molecule has 1 amide bonds. The van der Waals surface area contributed by atoms with Gasteiger partial charge >= 0.3 is 0 Å².